The molecular weight excluding hydrogens is 362 g/mol. The molecule has 1 aliphatic heterocycles. The number of carbonyl (C=O) groups is 2. The average Bonchev–Trinajstić information content (AvgIpc) is 3.09. The zero-order chi connectivity index (χ0) is 19.4. The smallest absolute Gasteiger partial charge is 0.410 e. The van der Waals surface area contributed by atoms with Crippen LogP contribution < -0.4 is 0 Å². The van der Waals surface area contributed by atoms with Gasteiger partial charge in [-0.25, -0.2) is 9.78 Å². The van der Waals surface area contributed by atoms with E-state index in [1.165, 1.54) is 0 Å². The fraction of sp³-hybridized carbons (Fsp3) is 0.450. The number of benzene rings is 1. The molecule has 1 aliphatic rings. The van der Waals surface area contributed by atoms with Crippen LogP contribution in [0.4, 0.5) is 4.79 Å². The van der Waals surface area contributed by atoms with Crippen molar-refractivity contribution in [2.45, 2.75) is 32.8 Å². The molecule has 0 N–H and O–H groups in total. The number of carbonyl (C=O) groups excluding carboxylic acids is 2. The average molecular weight is 388 g/mol. The van der Waals surface area contributed by atoms with Crippen molar-refractivity contribution >= 4 is 23.3 Å². The number of hydrogen-bond acceptors (Lipinski definition) is 5. The lowest BCUT2D eigenvalue weighted by Gasteiger charge is -2.35. The van der Waals surface area contributed by atoms with Gasteiger partial charge in [0, 0.05) is 37.1 Å². The molecule has 2 heterocycles. The van der Waals surface area contributed by atoms with Crippen molar-refractivity contribution in [1.29, 1.82) is 0 Å². The number of nitrogens with zero attached hydrogens (tertiary/aromatic N) is 3. The summed E-state index contributed by atoms with van der Waals surface area (Å²) < 4.78 is 5.39. The summed E-state index contributed by atoms with van der Waals surface area (Å²) >= 11 is 1.55. The maximum atomic E-state index is 12.6. The Kier molecular flexibility index (Phi) is 5.79. The summed E-state index contributed by atoms with van der Waals surface area (Å²) in [4.78, 5) is 32.7. The van der Waals surface area contributed by atoms with Crippen molar-refractivity contribution < 1.29 is 14.3 Å². The number of piperazine rings is 1. The molecule has 0 bridgehead atoms. The van der Waals surface area contributed by atoms with E-state index in [1.54, 1.807) is 21.1 Å². The van der Waals surface area contributed by atoms with E-state index in [4.69, 9.17) is 4.74 Å². The van der Waals surface area contributed by atoms with Gasteiger partial charge in [-0.3, -0.25) is 4.79 Å². The van der Waals surface area contributed by atoms with Gasteiger partial charge in [-0.05, 0) is 20.8 Å². The topological polar surface area (TPSA) is 62.7 Å². The molecule has 1 aromatic carbocycles. The van der Waals surface area contributed by atoms with Crippen LogP contribution in [0.1, 0.15) is 26.5 Å². The lowest BCUT2D eigenvalue weighted by Crippen LogP contribution is -2.52. The van der Waals surface area contributed by atoms with Crippen LogP contribution in [0.3, 0.4) is 0 Å². The molecule has 1 saturated heterocycles. The predicted molar refractivity (Wildman–Crippen MR) is 106 cm³/mol. The molecule has 0 unspecified atom stereocenters. The molecule has 7 heteroatoms. The van der Waals surface area contributed by atoms with Gasteiger partial charge in [0.25, 0.3) is 0 Å². The summed E-state index contributed by atoms with van der Waals surface area (Å²) in [5.74, 6) is 0.0451. The van der Waals surface area contributed by atoms with Crippen molar-refractivity contribution in [1.82, 2.24) is 14.8 Å². The normalized spacial score (nSPS) is 14.9. The van der Waals surface area contributed by atoms with Gasteiger partial charge in [-0.15, -0.1) is 11.3 Å². The third-order valence-corrected chi connectivity index (χ3v) is 5.13. The summed E-state index contributed by atoms with van der Waals surface area (Å²) in [5.41, 5.74) is 1.34. The van der Waals surface area contributed by atoms with Crippen molar-refractivity contribution in [2.75, 3.05) is 26.2 Å². The minimum atomic E-state index is -0.509. The number of rotatable bonds is 3. The van der Waals surface area contributed by atoms with Crippen molar-refractivity contribution in [3.8, 4) is 10.6 Å². The molecule has 2 amide bonds. The molecule has 6 nitrogen and oxygen atoms in total. The molecule has 0 aliphatic carbocycles. The molecule has 1 fully saturated rings. The fourth-order valence-electron chi connectivity index (χ4n) is 2.83. The van der Waals surface area contributed by atoms with E-state index in [9.17, 15) is 9.59 Å². The van der Waals surface area contributed by atoms with E-state index in [1.807, 2.05) is 56.5 Å². The van der Waals surface area contributed by atoms with E-state index < -0.39 is 5.60 Å². The Labute approximate surface area is 163 Å². The first kappa shape index (κ1) is 19.4. The van der Waals surface area contributed by atoms with Gasteiger partial charge in [0.1, 0.15) is 10.6 Å². The van der Waals surface area contributed by atoms with Crippen LogP contribution >= 0.6 is 11.3 Å². The Balaban J connectivity index is 1.52. The molecule has 0 atom stereocenters. The van der Waals surface area contributed by atoms with Crippen LogP contribution in [0.25, 0.3) is 10.6 Å². The first-order chi connectivity index (χ1) is 12.8. The lowest BCUT2D eigenvalue weighted by molar-refractivity contribution is -0.132. The second-order valence-corrected chi connectivity index (χ2v) is 8.39. The minimum absolute atomic E-state index is 0.0451. The molecule has 1 aromatic heterocycles. The highest BCUT2D eigenvalue weighted by atomic mass is 32.1. The second-order valence-electron chi connectivity index (χ2n) is 7.53. The van der Waals surface area contributed by atoms with Crippen LogP contribution in [-0.4, -0.2) is 58.6 Å². The van der Waals surface area contributed by atoms with Gasteiger partial charge in [0.05, 0.1) is 12.1 Å². The highest BCUT2D eigenvalue weighted by Gasteiger charge is 2.27. The van der Waals surface area contributed by atoms with Crippen LogP contribution in [0.2, 0.25) is 0 Å². The van der Waals surface area contributed by atoms with Crippen LogP contribution in [0.15, 0.2) is 35.7 Å². The number of aromatic nitrogens is 1. The number of amides is 2. The highest BCUT2D eigenvalue weighted by molar-refractivity contribution is 7.13. The van der Waals surface area contributed by atoms with Gasteiger partial charge in [0.2, 0.25) is 5.91 Å². The van der Waals surface area contributed by atoms with E-state index in [-0.39, 0.29) is 18.4 Å². The third kappa shape index (κ3) is 5.29. The first-order valence-electron chi connectivity index (χ1n) is 9.07. The Bertz CT molecular complexity index is 790. The fourth-order valence-corrected chi connectivity index (χ4v) is 3.66. The molecule has 0 radical (unpaired) electrons. The molecule has 3 rings (SSSR count). The number of thiazole rings is 1. The van der Waals surface area contributed by atoms with Gasteiger partial charge in [-0.1, -0.05) is 30.3 Å². The van der Waals surface area contributed by atoms with Crippen molar-refractivity contribution in [2.24, 2.45) is 0 Å². The van der Waals surface area contributed by atoms with Crippen LogP contribution in [-0.2, 0) is 16.0 Å². The third-order valence-electron chi connectivity index (χ3n) is 4.19. The minimum Gasteiger partial charge on any atom is -0.444 e. The van der Waals surface area contributed by atoms with Gasteiger partial charge < -0.3 is 14.5 Å². The van der Waals surface area contributed by atoms with Crippen molar-refractivity contribution in [3.63, 3.8) is 0 Å². The highest BCUT2D eigenvalue weighted by Crippen LogP contribution is 2.23. The van der Waals surface area contributed by atoms with Gasteiger partial charge >= 0.3 is 6.09 Å². The SMILES string of the molecule is CC(C)(C)OC(=O)N1CCN(C(=O)Cc2csc(-c3ccccc3)n2)CC1. The lowest BCUT2D eigenvalue weighted by atomic mass is 10.2. The summed E-state index contributed by atoms with van der Waals surface area (Å²) in [5, 5.41) is 2.87. The Morgan fingerprint density at radius 1 is 1.07 bits per heavy atom. The molecular formula is C20H25N3O3S. The van der Waals surface area contributed by atoms with E-state index >= 15 is 0 Å². The largest absolute Gasteiger partial charge is 0.444 e. The Morgan fingerprint density at radius 2 is 1.70 bits per heavy atom. The quantitative estimate of drug-likeness (QED) is 0.809. The standard InChI is InChI=1S/C20H25N3O3S/c1-20(2,3)26-19(25)23-11-9-22(10-12-23)17(24)13-16-14-27-18(21-16)15-7-5-4-6-8-15/h4-8,14H,9-13H2,1-3H3. The van der Waals surface area contributed by atoms with E-state index in [2.05, 4.69) is 4.98 Å². The number of ether oxygens (including phenoxy) is 1. The second kappa shape index (κ2) is 8.08. The van der Waals surface area contributed by atoms with E-state index in [0.717, 1.165) is 16.3 Å². The number of hydrogen-bond donors (Lipinski definition) is 0. The molecule has 0 spiro atoms. The molecule has 2 aromatic rings. The predicted octanol–water partition coefficient (Wildman–Crippen LogP) is 3.43. The Morgan fingerprint density at radius 3 is 2.33 bits per heavy atom. The van der Waals surface area contributed by atoms with Gasteiger partial charge in [-0.2, -0.15) is 0 Å². The van der Waals surface area contributed by atoms with Gasteiger partial charge in [0.15, 0.2) is 0 Å². The van der Waals surface area contributed by atoms with Crippen LogP contribution in [0.5, 0.6) is 0 Å². The summed E-state index contributed by atoms with van der Waals surface area (Å²) in [6.07, 6.45) is -0.0305. The maximum Gasteiger partial charge on any atom is 0.410 e. The molecule has 27 heavy (non-hydrogen) atoms. The monoisotopic (exact) mass is 387 g/mol. The molecule has 0 saturated carbocycles. The van der Waals surface area contributed by atoms with E-state index in [0.29, 0.717) is 26.2 Å². The Hall–Kier alpha value is -2.41. The first-order valence-corrected chi connectivity index (χ1v) is 9.95. The summed E-state index contributed by atoms with van der Waals surface area (Å²) in [7, 11) is 0. The van der Waals surface area contributed by atoms with Crippen LogP contribution in [0, 0.1) is 0 Å². The zero-order valence-corrected chi connectivity index (χ0v) is 16.8. The summed E-state index contributed by atoms with van der Waals surface area (Å²) in [6, 6.07) is 9.95. The van der Waals surface area contributed by atoms with Crippen molar-refractivity contribution in [3.05, 3.63) is 41.4 Å². The summed E-state index contributed by atoms with van der Waals surface area (Å²) in [6.45, 7) is 7.58. The zero-order valence-electron chi connectivity index (χ0n) is 16.0. The maximum absolute atomic E-state index is 12.6. The molecule has 144 valence electrons.